The first-order chi connectivity index (χ1) is 5.79. The molecule has 0 radical (unpaired) electrons. The van der Waals surface area contributed by atoms with Crippen LogP contribution in [0.5, 0.6) is 0 Å². The van der Waals surface area contributed by atoms with Gasteiger partial charge in [-0.25, -0.2) is 0 Å². The summed E-state index contributed by atoms with van der Waals surface area (Å²) in [7, 11) is -2.66. The SMILES string of the molecule is FB(F)OCCc1ccccc1. The highest BCUT2D eigenvalue weighted by Crippen LogP contribution is 2.00. The van der Waals surface area contributed by atoms with Gasteiger partial charge in [0.25, 0.3) is 0 Å². The van der Waals surface area contributed by atoms with Crippen LogP contribution in [0.1, 0.15) is 5.56 Å². The second-order valence-corrected chi connectivity index (χ2v) is 2.37. The zero-order valence-electron chi connectivity index (χ0n) is 6.54. The molecule has 0 aliphatic rings. The van der Waals surface area contributed by atoms with E-state index < -0.39 is 7.47 Å². The molecule has 0 aliphatic heterocycles. The Kier molecular flexibility index (Phi) is 3.74. The Bertz CT molecular complexity index is 216. The largest absolute Gasteiger partial charge is 0.721 e. The molecule has 0 N–H and O–H groups in total. The average molecular weight is 170 g/mol. The second-order valence-electron chi connectivity index (χ2n) is 2.37. The Hall–Kier alpha value is -0.895. The van der Waals surface area contributed by atoms with E-state index >= 15 is 0 Å². The Morgan fingerprint density at radius 2 is 1.83 bits per heavy atom. The van der Waals surface area contributed by atoms with Crippen LogP contribution in [-0.2, 0) is 11.1 Å². The molecule has 0 saturated carbocycles. The molecule has 0 bridgehead atoms. The summed E-state index contributed by atoms with van der Waals surface area (Å²) in [5, 5.41) is 0. The van der Waals surface area contributed by atoms with Gasteiger partial charge in [-0.05, 0) is 12.0 Å². The van der Waals surface area contributed by atoms with Crippen molar-refractivity contribution < 1.29 is 13.3 Å². The Morgan fingerprint density at radius 3 is 2.42 bits per heavy atom. The molecule has 1 nitrogen and oxygen atoms in total. The van der Waals surface area contributed by atoms with E-state index in [1.165, 1.54) is 0 Å². The maximum atomic E-state index is 11.5. The fourth-order valence-corrected chi connectivity index (χ4v) is 0.911. The molecule has 0 unspecified atom stereocenters. The van der Waals surface area contributed by atoms with Crippen LogP contribution in [0, 0.1) is 0 Å². The summed E-state index contributed by atoms with van der Waals surface area (Å²) in [6, 6.07) is 9.40. The van der Waals surface area contributed by atoms with E-state index in [1.807, 2.05) is 30.3 Å². The fraction of sp³-hybridized carbons (Fsp3) is 0.250. The molecule has 1 aromatic carbocycles. The lowest BCUT2D eigenvalue weighted by Gasteiger charge is -1.99. The number of hydrogen-bond donors (Lipinski definition) is 0. The van der Waals surface area contributed by atoms with E-state index in [1.54, 1.807) is 0 Å². The van der Waals surface area contributed by atoms with Crippen molar-refractivity contribution in [2.45, 2.75) is 6.42 Å². The minimum absolute atomic E-state index is 0.0711. The van der Waals surface area contributed by atoms with Crippen LogP contribution in [0.4, 0.5) is 8.63 Å². The normalized spacial score (nSPS) is 9.83. The molecule has 0 fully saturated rings. The van der Waals surface area contributed by atoms with E-state index in [-0.39, 0.29) is 6.61 Å². The third kappa shape index (κ3) is 3.48. The van der Waals surface area contributed by atoms with Crippen LogP contribution in [0.15, 0.2) is 30.3 Å². The molecule has 0 amide bonds. The summed E-state index contributed by atoms with van der Waals surface area (Å²) in [6.07, 6.45) is 0.533. The predicted octanol–water partition coefficient (Wildman–Crippen LogP) is 2.17. The van der Waals surface area contributed by atoms with E-state index in [9.17, 15) is 8.63 Å². The molecular formula is C8H9BF2O. The second kappa shape index (κ2) is 4.88. The van der Waals surface area contributed by atoms with Crippen molar-refractivity contribution in [1.82, 2.24) is 0 Å². The van der Waals surface area contributed by atoms with Gasteiger partial charge >= 0.3 is 7.47 Å². The smallest absolute Gasteiger partial charge is 0.379 e. The average Bonchev–Trinajstić information content (AvgIpc) is 2.05. The van der Waals surface area contributed by atoms with Crippen molar-refractivity contribution >= 4 is 7.47 Å². The molecule has 4 heteroatoms. The van der Waals surface area contributed by atoms with Gasteiger partial charge in [-0.1, -0.05) is 30.3 Å². The molecule has 1 rings (SSSR count). The first-order valence-corrected chi connectivity index (χ1v) is 3.73. The van der Waals surface area contributed by atoms with Gasteiger partial charge in [0.1, 0.15) is 0 Å². The van der Waals surface area contributed by atoms with Crippen LogP contribution < -0.4 is 0 Å². The number of rotatable bonds is 4. The highest BCUT2D eigenvalue weighted by atomic mass is 19.2. The van der Waals surface area contributed by atoms with E-state index in [0.717, 1.165) is 5.56 Å². The molecule has 1 aromatic rings. The third-order valence-corrected chi connectivity index (χ3v) is 1.48. The molecule has 0 heterocycles. The van der Waals surface area contributed by atoms with Crippen molar-refractivity contribution in [3.63, 3.8) is 0 Å². The van der Waals surface area contributed by atoms with Gasteiger partial charge in [-0.3, -0.25) is 8.63 Å². The van der Waals surface area contributed by atoms with E-state index in [2.05, 4.69) is 4.65 Å². The zero-order valence-corrected chi connectivity index (χ0v) is 6.54. The highest BCUT2D eigenvalue weighted by molar-refractivity contribution is 6.34. The van der Waals surface area contributed by atoms with Crippen molar-refractivity contribution in [3.8, 4) is 0 Å². The number of benzene rings is 1. The monoisotopic (exact) mass is 170 g/mol. The van der Waals surface area contributed by atoms with Gasteiger partial charge < -0.3 is 4.65 Å². The molecule has 64 valence electrons. The minimum atomic E-state index is -2.66. The quantitative estimate of drug-likeness (QED) is 0.629. The van der Waals surface area contributed by atoms with Gasteiger partial charge in [-0.2, -0.15) is 0 Å². The summed E-state index contributed by atoms with van der Waals surface area (Å²) in [6.45, 7) is 0.0711. The fourth-order valence-electron chi connectivity index (χ4n) is 0.911. The predicted molar refractivity (Wildman–Crippen MR) is 44.1 cm³/mol. The summed E-state index contributed by atoms with van der Waals surface area (Å²) >= 11 is 0. The van der Waals surface area contributed by atoms with Crippen LogP contribution >= 0.6 is 0 Å². The third-order valence-electron chi connectivity index (χ3n) is 1.48. The highest BCUT2D eigenvalue weighted by Gasteiger charge is 2.13. The first-order valence-electron chi connectivity index (χ1n) is 3.73. The molecule has 0 aliphatic carbocycles. The van der Waals surface area contributed by atoms with Crippen LogP contribution in [0.25, 0.3) is 0 Å². The van der Waals surface area contributed by atoms with Crippen molar-refractivity contribution in [3.05, 3.63) is 35.9 Å². The standard InChI is InChI=1S/C8H9BF2O/c10-9(11)12-7-6-8-4-2-1-3-5-8/h1-5H,6-7H2. The summed E-state index contributed by atoms with van der Waals surface area (Å²) < 4.78 is 27.1. The van der Waals surface area contributed by atoms with Gasteiger partial charge in [0.15, 0.2) is 0 Å². The Balaban J connectivity index is 2.25. The van der Waals surface area contributed by atoms with Gasteiger partial charge in [-0.15, -0.1) is 0 Å². The van der Waals surface area contributed by atoms with E-state index in [4.69, 9.17) is 0 Å². The van der Waals surface area contributed by atoms with Crippen molar-refractivity contribution in [2.24, 2.45) is 0 Å². The molecule has 0 atom stereocenters. The topological polar surface area (TPSA) is 9.23 Å². The van der Waals surface area contributed by atoms with Crippen molar-refractivity contribution in [2.75, 3.05) is 6.61 Å². The van der Waals surface area contributed by atoms with Crippen molar-refractivity contribution in [1.29, 1.82) is 0 Å². The number of halogens is 2. The zero-order chi connectivity index (χ0) is 8.81. The molecule has 0 aromatic heterocycles. The van der Waals surface area contributed by atoms with Crippen LogP contribution in [-0.4, -0.2) is 14.1 Å². The van der Waals surface area contributed by atoms with Crippen LogP contribution in [0.3, 0.4) is 0 Å². The molecule has 0 spiro atoms. The lowest BCUT2D eigenvalue weighted by molar-refractivity contribution is 0.258. The Labute approximate surface area is 70.6 Å². The van der Waals surface area contributed by atoms with Gasteiger partial charge in [0.2, 0.25) is 0 Å². The Morgan fingerprint density at radius 1 is 1.17 bits per heavy atom. The van der Waals surface area contributed by atoms with Gasteiger partial charge in [0.05, 0.1) is 0 Å². The van der Waals surface area contributed by atoms with E-state index in [0.29, 0.717) is 6.42 Å². The molecule has 0 saturated heterocycles. The summed E-state index contributed by atoms with van der Waals surface area (Å²) in [5.74, 6) is 0. The summed E-state index contributed by atoms with van der Waals surface area (Å²) in [5.41, 5.74) is 1.01. The van der Waals surface area contributed by atoms with Crippen LogP contribution in [0.2, 0.25) is 0 Å². The first kappa shape index (κ1) is 9.19. The lowest BCUT2D eigenvalue weighted by Crippen LogP contribution is -2.07. The maximum absolute atomic E-state index is 11.5. The number of hydrogen-bond acceptors (Lipinski definition) is 1. The molecular weight excluding hydrogens is 161 g/mol. The minimum Gasteiger partial charge on any atom is -0.379 e. The lowest BCUT2D eigenvalue weighted by atomic mass is 10.2. The molecule has 12 heavy (non-hydrogen) atoms. The maximum Gasteiger partial charge on any atom is 0.721 e. The summed E-state index contributed by atoms with van der Waals surface area (Å²) in [4.78, 5) is 0. The van der Waals surface area contributed by atoms with Gasteiger partial charge in [0, 0.05) is 6.61 Å².